The summed E-state index contributed by atoms with van der Waals surface area (Å²) in [4.78, 5) is 13.0. The first-order chi connectivity index (χ1) is 14.5. The van der Waals surface area contributed by atoms with E-state index in [1.807, 2.05) is 50.2 Å². The quantitative estimate of drug-likeness (QED) is 0.494. The van der Waals surface area contributed by atoms with E-state index < -0.39 is 0 Å². The van der Waals surface area contributed by atoms with Crippen molar-refractivity contribution in [3.8, 4) is 0 Å². The van der Waals surface area contributed by atoms with E-state index >= 15 is 0 Å². The fraction of sp³-hybridized carbons (Fsp3) is 0.300. The minimum atomic E-state index is -0.272. The van der Waals surface area contributed by atoms with Crippen LogP contribution in [-0.2, 0) is 4.79 Å². The number of aromatic nitrogens is 2. The zero-order chi connectivity index (χ0) is 21.1. The molecule has 1 N–H and O–H groups in total. The molecule has 156 valence electrons. The Balaban J connectivity index is 1.49. The summed E-state index contributed by atoms with van der Waals surface area (Å²) < 4.78 is 6.32. The van der Waals surface area contributed by atoms with Crippen LogP contribution in [0, 0.1) is 0 Å². The first kappa shape index (κ1) is 20.9. The van der Waals surface area contributed by atoms with E-state index in [0.29, 0.717) is 17.2 Å². The lowest BCUT2D eigenvalue weighted by molar-refractivity contribution is -0.130. The third kappa shape index (κ3) is 4.85. The lowest BCUT2D eigenvalue weighted by Crippen LogP contribution is -2.28. The number of hydrogen-bond acceptors (Lipinski definition) is 8. The Bertz CT molecular complexity index is 1030. The summed E-state index contributed by atoms with van der Waals surface area (Å²) in [6.07, 6.45) is 2.18. The molecule has 0 bridgehead atoms. The van der Waals surface area contributed by atoms with Crippen LogP contribution >= 0.6 is 34.7 Å². The minimum Gasteiger partial charge on any atom is -0.467 e. The lowest BCUT2D eigenvalue weighted by Gasteiger charge is -2.19. The second kappa shape index (κ2) is 9.20. The van der Waals surface area contributed by atoms with Crippen LogP contribution in [0.4, 0.5) is 5.13 Å². The van der Waals surface area contributed by atoms with E-state index in [1.54, 1.807) is 6.26 Å². The number of amides is 1. The maximum Gasteiger partial charge on any atom is 0.253 e. The number of hydrazone groups is 1. The summed E-state index contributed by atoms with van der Waals surface area (Å²) >= 11 is 8.79. The number of anilines is 1. The number of furan rings is 1. The van der Waals surface area contributed by atoms with Crippen LogP contribution in [0.2, 0.25) is 5.02 Å². The van der Waals surface area contributed by atoms with Gasteiger partial charge in [0.05, 0.1) is 17.7 Å². The molecule has 0 aliphatic carbocycles. The van der Waals surface area contributed by atoms with Crippen LogP contribution in [-0.4, -0.2) is 38.6 Å². The van der Waals surface area contributed by atoms with Crippen molar-refractivity contribution in [2.75, 3.05) is 11.1 Å². The van der Waals surface area contributed by atoms with E-state index in [4.69, 9.17) is 16.0 Å². The summed E-state index contributed by atoms with van der Waals surface area (Å²) in [5, 5.41) is 19.0. The number of nitrogens with one attached hydrogen (secondary N) is 1. The molecule has 1 aliphatic heterocycles. The Hall–Kier alpha value is -2.36. The second-order valence-corrected chi connectivity index (χ2v) is 9.62. The maximum absolute atomic E-state index is 13.0. The van der Waals surface area contributed by atoms with Crippen LogP contribution in [0.15, 0.2) is 56.5 Å². The topological polar surface area (TPSA) is 83.6 Å². The fourth-order valence-electron chi connectivity index (χ4n) is 3.02. The number of benzene rings is 1. The molecule has 1 atom stereocenters. The standard InChI is InChI=1S/C20H20ClN5O2S2/c1-12(2)22-19-23-24-20(30-19)29-11-18(27)26-16(17-4-3-9-28-17)10-15(25-26)13-5-7-14(21)8-6-13/h3-9,12,16H,10-11H2,1-2H3,(H,22,23). The van der Waals surface area contributed by atoms with Crippen molar-refractivity contribution in [1.82, 2.24) is 15.2 Å². The molecule has 10 heteroatoms. The number of carbonyl (C=O) groups excluding carboxylic acids is 1. The number of nitrogens with zero attached hydrogens (tertiary/aromatic N) is 4. The number of halogens is 1. The smallest absolute Gasteiger partial charge is 0.253 e. The minimum absolute atomic E-state index is 0.112. The van der Waals surface area contributed by atoms with E-state index in [9.17, 15) is 4.79 Å². The van der Waals surface area contributed by atoms with Gasteiger partial charge in [-0.15, -0.1) is 10.2 Å². The highest BCUT2D eigenvalue weighted by atomic mass is 35.5. The Morgan fingerprint density at radius 1 is 1.33 bits per heavy atom. The highest BCUT2D eigenvalue weighted by Crippen LogP contribution is 2.34. The molecule has 1 unspecified atom stereocenters. The van der Waals surface area contributed by atoms with Gasteiger partial charge in [0.1, 0.15) is 11.8 Å². The zero-order valence-corrected chi connectivity index (χ0v) is 18.8. The third-order valence-electron chi connectivity index (χ3n) is 4.35. The molecule has 4 rings (SSSR count). The lowest BCUT2D eigenvalue weighted by atomic mass is 10.0. The van der Waals surface area contributed by atoms with Crippen molar-refractivity contribution >= 4 is 51.5 Å². The van der Waals surface area contributed by atoms with Gasteiger partial charge in [-0.3, -0.25) is 4.79 Å². The molecule has 0 saturated heterocycles. The van der Waals surface area contributed by atoms with Gasteiger partial charge in [0.25, 0.3) is 5.91 Å². The average molecular weight is 462 g/mol. The van der Waals surface area contributed by atoms with Crippen molar-refractivity contribution in [3.05, 3.63) is 59.0 Å². The molecule has 1 amide bonds. The molecule has 3 heterocycles. The van der Waals surface area contributed by atoms with Gasteiger partial charge in [0.2, 0.25) is 5.13 Å². The zero-order valence-electron chi connectivity index (χ0n) is 16.4. The van der Waals surface area contributed by atoms with Crippen LogP contribution in [0.5, 0.6) is 0 Å². The normalized spacial score (nSPS) is 16.2. The van der Waals surface area contributed by atoms with E-state index in [2.05, 4.69) is 20.6 Å². The maximum atomic E-state index is 13.0. The molecular formula is C20H20ClN5O2S2. The van der Waals surface area contributed by atoms with Gasteiger partial charge < -0.3 is 9.73 Å². The predicted octanol–water partition coefficient (Wildman–Crippen LogP) is 5.07. The van der Waals surface area contributed by atoms with Crippen LogP contribution in [0.3, 0.4) is 0 Å². The molecule has 0 radical (unpaired) electrons. The molecule has 1 aliphatic rings. The van der Waals surface area contributed by atoms with Crippen molar-refractivity contribution in [2.24, 2.45) is 5.10 Å². The second-order valence-electron chi connectivity index (χ2n) is 6.99. The number of rotatable bonds is 7. The van der Waals surface area contributed by atoms with Crippen LogP contribution in [0.1, 0.15) is 37.6 Å². The Morgan fingerprint density at radius 2 is 2.13 bits per heavy atom. The monoisotopic (exact) mass is 461 g/mol. The predicted molar refractivity (Wildman–Crippen MR) is 120 cm³/mol. The number of hydrogen-bond donors (Lipinski definition) is 1. The first-order valence-corrected chi connectivity index (χ1v) is 11.6. The van der Waals surface area contributed by atoms with Gasteiger partial charge in [-0.25, -0.2) is 5.01 Å². The molecule has 1 aromatic carbocycles. The number of carbonyl (C=O) groups is 1. The molecule has 30 heavy (non-hydrogen) atoms. The molecule has 2 aromatic heterocycles. The Labute approximate surface area is 187 Å². The average Bonchev–Trinajstić information content (AvgIpc) is 3.46. The molecule has 0 saturated carbocycles. The van der Waals surface area contributed by atoms with Crippen molar-refractivity contribution in [1.29, 1.82) is 0 Å². The largest absolute Gasteiger partial charge is 0.467 e. The van der Waals surface area contributed by atoms with Gasteiger partial charge >= 0.3 is 0 Å². The van der Waals surface area contributed by atoms with Crippen molar-refractivity contribution < 1.29 is 9.21 Å². The molecular weight excluding hydrogens is 442 g/mol. The van der Waals surface area contributed by atoms with Crippen LogP contribution < -0.4 is 5.32 Å². The molecule has 3 aromatic rings. The molecule has 0 fully saturated rings. The summed E-state index contributed by atoms with van der Waals surface area (Å²) in [5.74, 6) is 0.810. The highest BCUT2D eigenvalue weighted by molar-refractivity contribution is 8.01. The summed E-state index contributed by atoms with van der Waals surface area (Å²) in [7, 11) is 0. The summed E-state index contributed by atoms with van der Waals surface area (Å²) in [5.41, 5.74) is 1.76. The molecule has 7 nitrogen and oxygen atoms in total. The Morgan fingerprint density at radius 3 is 2.83 bits per heavy atom. The molecule has 0 spiro atoms. The van der Waals surface area contributed by atoms with Gasteiger partial charge in [-0.2, -0.15) is 5.10 Å². The van der Waals surface area contributed by atoms with Crippen LogP contribution in [0.25, 0.3) is 0 Å². The fourth-order valence-corrected chi connectivity index (χ4v) is 4.90. The first-order valence-electron chi connectivity index (χ1n) is 9.41. The van der Waals surface area contributed by atoms with E-state index in [-0.39, 0.29) is 23.7 Å². The summed E-state index contributed by atoms with van der Waals surface area (Å²) in [6, 6.07) is 11.1. The van der Waals surface area contributed by atoms with Gasteiger partial charge in [-0.1, -0.05) is 46.8 Å². The van der Waals surface area contributed by atoms with Gasteiger partial charge in [-0.05, 0) is 43.7 Å². The van der Waals surface area contributed by atoms with Crippen molar-refractivity contribution in [2.45, 2.75) is 36.7 Å². The SMILES string of the molecule is CC(C)Nc1nnc(SCC(=O)N2N=C(c3ccc(Cl)cc3)CC2c2ccco2)s1. The van der Waals surface area contributed by atoms with Gasteiger partial charge in [0.15, 0.2) is 4.34 Å². The Kier molecular flexibility index (Phi) is 6.40. The van der Waals surface area contributed by atoms with Crippen molar-refractivity contribution in [3.63, 3.8) is 0 Å². The highest BCUT2D eigenvalue weighted by Gasteiger charge is 2.34. The number of thioether (sulfide) groups is 1. The summed E-state index contributed by atoms with van der Waals surface area (Å²) in [6.45, 7) is 4.08. The van der Waals surface area contributed by atoms with Gasteiger partial charge in [0, 0.05) is 17.5 Å². The van der Waals surface area contributed by atoms with E-state index in [0.717, 1.165) is 20.7 Å². The third-order valence-corrected chi connectivity index (χ3v) is 6.58. The van der Waals surface area contributed by atoms with E-state index in [1.165, 1.54) is 28.1 Å².